The van der Waals surface area contributed by atoms with E-state index in [2.05, 4.69) is 10.6 Å². The van der Waals surface area contributed by atoms with E-state index in [1.54, 1.807) is 6.92 Å². The molecular weight excluding hydrogens is 372 g/mol. The van der Waals surface area contributed by atoms with Crippen LogP contribution in [0, 0.1) is 0 Å². The van der Waals surface area contributed by atoms with Crippen molar-refractivity contribution in [1.29, 1.82) is 0 Å². The van der Waals surface area contributed by atoms with Gasteiger partial charge in [-0.1, -0.05) is 67.6 Å². The summed E-state index contributed by atoms with van der Waals surface area (Å²) in [7, 11) is 1.27. The average Bonchev–Trinajstić information content (AvgIpc) is 2.76. The number of amides is 2. The molecule has 7 heteroatoms. The zero-order chi connectivity index (χ0) is 21.1. The van der Waals surface area contributed by atoms with Gasteiger partial charge in [0.05, 0.1) is 7.11 Å². The van der Waals surface area contributed by atoms with Crippen LogP contribution in [0.5, 0.6) is 0 Å². The van der Waals surface area contributed by atoms with E-state index in [4.69, 9.17) is 9.47 Å². The first-order valence-corrected chi connectivity index (χ1v) is 9.42. The molecule has 2 amide bonds. The van der Waals surface area contributed by atoms with Crippen molar-refractivity contribution in [1.82, 2.24) is 10.6 Å². The number of ether oxygens (including phenoxy) is 2. The normalized spacial score (nSPS) is 12.3. The molecule has 0 saturated carbocycles. The Kier molecular flexibility index (Phi) is 8.69. The van der Waals surface area contributed by atoms with Crippen LogP contribution in [0.25, 0.3) is 0 Å². The molecule has 0 bridgehead atoms. The summed E-state index contributed by atoms with van der Waals surface area (Å²) in [5.74, 6) is -1.03. The maximum Gasteiger partial charge on any atom is 0.408 e. The number of alkyl carbamates (subject to hydrolysis) is 1. The summed E-state index contributed by atoms with van der Waals surface area (Å²) >= 11 is 0. The number of rotatable bonds is 9. The van der Waals surface area contributed by atoms with Crippen LogP contribution in [0.2, 0.25) is 0 Å². The molecule has 29 heavy (non-hydrogen) atoms. The van der Waals surface area contributed by atoms with Crippen LogP contribution >= 0.6 is 0 Å². The van der Waals surface area contributed by atoms with Crippen molar-refractivity contribution in [2.75, 3.05) is 7.11 Å². The van der Waals surface area contributed by atoms with Crippen LogP contribution in [-0.2, 0) is 32.1 Å². The predicted molar refractivity (Wildman–Crippen MR) is 108 cm³/mol. The SMILES string of the molecule is CC[C@H](NC(=O)OCc1ccccc1)C(=O)N[C@@H](Cc1ccccc1)C(=O)OC. The predicted octanol–water partition coefficient (Wildman–Crippen LogP) is 2.59. The second-order valence-corrected chi connectivity index (χ2v) is 6.44. The van der Waals surface area contributed by atoms with E-state index >= 15 is 0 Å². The lowest BCUT2D eigenvalue weighted by molar-refractivity contribution is -0.145. The van der Waals surface area contributed by atoms with E-state index in [1.807, 2.05) is 60.7 Å². The molecular formula is C22H26N2O5. The Hall–Kier alpha value is -3.35. The Morgan fingerprint density at radius 2 is 1.45 bits per heavy atom. The van der Waals surface area contributed by atoms with Gasteiger partial charge >= 0.3 is 12.1 Å². The summed E-state index contributed by atoms with van der Waals surface area (Å²) in [5, 5.41) is 5.20. The van der Waals surface area contributed by atoms with Crippen molar-refractivity contribution >= 4 is 18.0 Å². The monoisotopic (exact) mass is 398 g/mol. The van der Waals surface area contributed by atoms with Gasteiger partial charge in [-0.15, -0.1) is 0 Å². The van der Waals surface area contributed by atoms with Crippen LogP contribution in [0.15, 0.2) is 60.7 Å². The minimum atomic E-state index is -0.855. The Morgan fingerprint density at radius 3 is 2.00 bits per heavy atom. The topological polar surface area (TPSA) is 93.7 Å². The van der Waals surface area contributed by atoms with E-state index < -0.39 is 30.1 Å². The summed E-state index contributed by atoms with van der Waals surface area (Å²) in [4.78, 5) is 36.8. The van der Waals surface area contributed by atoms with Gasteiger partial charge in [0.2, 0.25) is 5.91 Å². The second kappa shape index (κ2) is 11.5. The third kappa shape index (κ3) is 7.29. The lowest BCUT2D eigenvalue weighted by atomic mass is 10.1. The van der Waals surface area contributed by atoms with Crippen molar-refractivity contribution in [2.24, 2.45) is 0 Å². The largest absolute Gasteiger partial charge is 0.467 e. The molecule has 0 heterocycles. The molecule has 0 spiro atoms. The van der Waals surface area contributed by atoms with Crippen LogP contribution in [-0.4, -0.2) is 37.2 Å². The third-order valence-electron chi connectivity index (χ3n) is 4.31. The highest BCUT2D eigenvalue weighted by atomic mass is 16.5. The number of esters is 1. The average molecular weight is 398 g/mol. The van der Waals surface area contributed by atoms with Crippen molar-refractivity contribution in [3.8, 4) is 0 Å². The molecule has 2 rings (SSSR count). The minimum absolute atomic E-state index is 0.101. The number of methoxy groups -OCH3 is 1. The van der Waals surface area contributed by atoms with Crippen LogP contribution < -0.4 is 10.6 Å². The van der Waals surface area contributed by atoms with Crippen molar-refractivity contribution in [2.45, 2.75) is 38.5 Å². The van der Waals surface area contributed by atoms with Gasteiger partial charge in [0.25, 0.3) is 0 Å². The van der Waals surface area contributed by atoms with Gasteiger partial charge in [-0.25, -0.2) is 9.59 Å². The number of benzene rings is 2. The van der Waals surface area contributed by atoms with E-state index in [0.29, 0.717) is 6.42 Å². The number of carbonyl (C=O) groups is 3. The molecule has 0 unspecified atom stereocenters. The summed E-state index contributed by atoms with van der Waals surface area (Å²) in [6, 6.07) is 16.8. The molecule has 154 valence electrons. The maximum atomic E-state index is 12.6. The van der Waals surface area contributed by atoms with Crippen LogP contribution in [0.4, 0.5) is 4.79 Å². The maximum absolute atomic E-state index is 12.6. The smallest absolute Gasteiger partial charge is 0.408 e. The fraction of sp³-hybridized carbons (Fsp3) is 0.318. The molecule has 0 aliphatic carbocycles. The number of hydrogen-bond acceptors (Lipinski definition) is 5. The molecule has 2 aromatic rings. The van der Waals surface area contributed by atoms with Crippen molar-refractivity contribution in [3.05, 3.63) is 71.8 Å². The fourth-order valence-corrected chi connectivity index (χ4v) is 2.72. The van der Waals surface area contributed by atoms with Gasteiger partial charge in [0.1, 0.15) is 18.7 Å². The van der Waals surface area contributed by atoms with Gasteiger partial charge in [0.15, 0.2) is 0 Å². The Bertz CT molecular complexity index is 795. The highest BCUT2D eigenvalue weighted by molar-refractivity contribution is 5.89. The lowest BCUT2D eigenvalue weighted by Gasteiger charge is -2.21. The van der Waals surface area contributed by atoms with Crippen molar-refractivity contribution < 1.29 is 23.9 Å². The molecule has 0 aliphatic rings. The summed E-state index contributed by atoms with van der Waals surface area (Å²) in [6.45, 7) is 1.86. The number of nitrogens with one attached hydrogen (secondary N) is 2. The first-order valence-electron chi connectivity index (χ1n) is 9.42. The van der Waals surface area contributed by atoms with E-state index in [0.717, 1.165) is 11.1 Å². The highest BCUT2D eigenvalue weighted by Crippen LogP contribution is 2.06. The van der Waals surface area contributed by atoms with E-state index in [9.17, 15) is 14.4 Å². The molecule has 2 aromatic carbocycles. The molecule has 0 aliphatic heterocycles. The Morgan fingerprint density at radius 1 is 0.862 bits per heavy atom. The number of hydrogen-bond donors (Lipinski definition) is 2. The van der Waals surface area contributed by atoms with Gasteiger partial charge < -0.3 is 20.1 Å². The van der Waals surface area contributed by atoms with Crippen LogP contribution in [0.1, 0.15) is 24.5 Å². The third-order valence-corrected chi connectivity index (χ3v) is 4.31. The second-order valence-electron chi connectivity index (χ2n) is 6.44. The quantitative estimate of drug-likeness (QED) is 0.633. The Labute approximate surface area is 170 Å². The molecule has 0 fully saturated rings. The van der Waals surface area contributed by atoms with Gasteiger partial charge in [-0.05, 0) is 17.5 Å². The molecule has 0 radical (unpaired) electrons. The van der Waals surface area contributed by atoms with Crippen LogP contribution in [0.3, 0.4) is 0 Å². The fourth-order valence-electron chi connectivity index (χ4n) is 2.72. The first-order chi connectivity index (χ1) is 14.0. The minimum Gasteiger partial charge on any atom is -0.467 e. The van der Waals surface area contributed by atoms with Gasteiger partial charge in [0, 0.05) is 6.42 Å². The molecule has 2 N–H and O–H groups in total. The van der Waals surface area contributed by atoms with Gasteiger partial charge in [-0.2, -0.15) is 0 Å². The lowest BCUT2D eigenvalue weighted by Crippen LogP contribution is -2.52. The molecule has 7 nitrogen and oxygen atoms in total. The molecule has 0 saturated heterocycles. The zero-order valence-electron chi connectivity index (χ0n) is 16.6. The van der Waals surface area contributed by atoms with Gasteiger partial charge in [-0.3, -0.25) is 4.79 Å². The summed E-state index contributed by atoms with van der Waals surface area (Å²) in [5.41, 5.74) is 1.72. The standard InChI is InChI=1S/C22H26N2O5/c1-3-18(24-22(27)29-15-17-12-8-5-9-13-17)20(25)23-19(21(26)28-2)14-16-10-6-4-7-11-16/h4-13,18-19H,3,14-15H2,1-2H3,(H,23,25)(H,24,27)/t18-,19-/m0/s1. The van der Waals surface area contributed by atoms with Crippen molar-refractivity contribution in [3.63, 3.8) is 0 Å². The molecule has 0 aromatic heterocycles. The summed E-state index contributed by atoms with van der Waals surface area (Å²) < 4.78 is 9.96. The molecule has 2 atom stereocenters. The Balaban J connectivity index is 1.93. The zero-order valence-corrected chi connectivity index (χ0v) is 16.6. The summed E-state index contributed by atoms with van der Waals surface area (Å²) in [6.07, 6.45) is -0.0758. The van der Waals surface area contributed by atoms with E-state index in [1.165, 1.54) is 7.11 Å². The first kappa shape index (κ1) is 21.9. The van der Waals surface area contributed by atoms with E-state index in [-0.39, 0.29) is 13.0 Å². The highest BCUT2D eigenvalue weighted by Gasteiger charge is 2.27. The number of carbonyl (C=O) groups excluding carboxylic acids is 3.